The van der Waals surface area contributed by atoms with Gasteiger partial charge in [0.2, 0.25) is 0 Å². The fourth-order valence-corrected chi connectivity index (χ4v) is 2.93. The lowest BCUT2D eigenvalue weighted by Crippen LogP contribution is -2.34. The zero-order valence-electron chi connectivity index (χ0n) is 14.9. The summed E-state index contributed by atoms with van der Waals surface area (Å²) in [5.74, 6) is -1.23. The fraction of sp³-hybridized carbons (Fsp3) is 0.750. The average molecular weight is 354 g/mol. The molecule has 2 unspecified atom stereocenters. The van der Waals surface area contributed by atoms with Gasteiger partial charge >= 0.3 is 12.1 Å². The summed E-state index contributed by atoms with van der Waals surface area (Å²) in [5, 5.41) is 29.9. The molecule has 9 nitrogen and oxygen atoms in total. The Bertz CT molecular complexity index is 623. The predicted octanol–water partition coefficient (Wildman–Crippen LogP) is 1.87. The van der Waals surface area contributed by atoms with Gasteiger partial charge in [0.1, 0.15) is 5.60 Å². The van der Waals surface area contributed by atoms with Gasteiger partial charge in [-0.1, -0.05) is 24.5 Å². The third-order valence-corrected chi connectivity index (χ3v) is 4.05. The molecule has 1 aliphatic rings. The molecule has 2 rings (SSSR count). The third kappa shape index (κ3) is 5.15. The van der Waals surface area contributed by atoms with Crippen LogP contribution in [0.4, 0.5) is 4.79 Å². The summed E-state index contributed by atoms with van der Waals surface area (Å²) in [6.45, 7) is 5.13. The number of aliphatic hydroxyl groups excluding tert-OH is 1. The number of rotatable bonds is 4. The van der Waals surface area contributed by atoms with E-state index in [2.05, 4.69) is 15.6 Å². The molecule has 1 heterocycles. The molecule has 0 radical (unpaired) electrons. The van der Waals surface area contributed by atoms with Gasteiger partial charge < -0.3 is 20.3 Å². The van der Waals surface area contributed by atoms with Gasteiger partial charge in [-0.15, -0.1) is 5.10 Å². The maximum Gasteiger partial charge on any atom is 0.407 e. The Kier molecular flexibility index (Phi) is 5.99. The summed E-state index contributed by atoms with van der Waals surface area (Å²) < 4.78 is 6.61. The van der Waals surface area contributed by atoms with Gasteiger partial charge in [-0.3, -0.25) is 0 Å². The van der Waals surface area contributed by atoms with E-state index in [1.807, 2.05) is 0 Å². The van der Waals surface area contributed by atoms with Gasteiger partial charge in [0, 0.05) is 0 Å². The number of amides is 1. The number of aromatic nitrogens is 3. The van der Waals surface area contributed by atoms with E-state index in [4.69, 9.17) is 4.74 Å². The number of carbonyl (C=O) groups is 2. The number of carboxylic acids is 1. The van der Waals surface area contributed by atoms with Crippen LogP contribution in [-0.4, -0.2) is 49.0 Å². The molecule has 1 saturated carbocycles. The maximum atomic E-state index is 11.9. The number of carbonyl (C=O) groups excluding carboxylic acids is 1. The zero-order valence-corrected chi connectivity index (χ0v) is 14.9. The SMILES string of the molecule is CC(C)(C)OC(=O)NCc1c(C(=O)O)nnn1C1CCCCCC1O. The van der Waals surface area contributed by atoms with Crippen LogP contribution >= 0.6 is 0 Å². The topological polar surface area (TPSA) is 127 Å². The summed E-state index contributed by atoms with van der Waals surface area (Å²) in [6.07, 6.45) is 2.89. The van der Waals surface area contributed by atoms with E-state index in [1.54, 1.807) is 20.8 Å². The molecule has 0 bridgehead atoms. The van der Waals surface area contributed by atoms with Crippen molar-refractivity contribution in [3.63, 3.8) is 0 Å². The van der Waals surface area contributed by atoms with Crippen molar-refractivity contribution in [1.29, 1.82) is 0 Å². The predicted molar refractivity (Wildman–Crippen MR) is 88.2 cm³/mol. The average Bonchev–Trinajstić information content (AvgIpc) is 2.79. The first-order valence-electron chi connectivity index (χ1n) is 8.51. The van der Waals surface area contributed by atoms with E-state index in [-0.39, 0.29) is 24.0 Å². The molecule has 0 aliphatic heterocycles. The lowest BCUT2D eigenvalue weighted by atomic mass is 10.1. The van der Waals surface area contributed by atoms with Crippen LogP contribution in [0.3, 0.4) is 0 Å². The van der Waals surface area contributed by atoms with E-state index >= 15 is 0 Å². The van der Waals surface area contributed by atoms with Crippen molar-refractivity contribution in [1.82, 2.24) is 20.3 Å². The second kappa shape index (κ2) is 7.81. The number of hydrogen-bond donors (Lipinski definition) is 3. The van der Waals surface area contributed by atoms with Gasteiger partial charge in [0.05, 0.1) is 24.4 Å². The lowest BCUT2D eigenvalue weighted by Gasteiger charge is -2.23. The van der Waals surface area contributed by atoms with Crippen molar-refractivity contribution in [3.8, 4) is 0 Å². The fourth-order valence-electron chi connectivity index (χ4n) is 2.93. The Balaban J connectivity index is 2.21. The number of aromatic carboxylic acids is 1. The Morgan fingerprint density at radius 2 is 1.96 bits per heavy atom. The van der Waals surface area contributed by atoms with Crippen LogP contribution in [-0.2, 0) is 11.3 Å². The molecule has 1 aromatic heterocycles. The quantitative estimate of drug-likeness (QED) is 0.704. The number of nitrogens with zero attached hydrogens (tertiary/aromatic N) is 3. The molecule has 1 aromatic rings. The number of nitrogens with one attached hydrogen (secondary N) is 1. The third-order valence-electron chi connectivity index (χ3n) is 4.05. The molecular formula is C16H26N4O5. The van der Waals surface area contributed by atoms with Crippen molar-refractivity contribution >= 4 is 12.1 Å². The van der Waals surface area contributed by atoms with E-state index < -0.39 is 23.8 Å². The zero-order chi connectivity index (χ0) is 18.6. The van der Waals surface area contributed by atoms with Crippen LogP contribution < -0.4 is 5.32 Å². The van der Waals surface area contributed by atoms with Gasteiger partial charge in [-0.05, 0) is 33.6 Å². The van der Waals surface area contributed by atoms with Crippen molar-refractivity contribution in [2.75, 3.05) is 0 Å². The summed E-state index contributed by atoms with van der Waals surface area (Å²) in [4.78, 5) is 23.3. The first-order chi connectivity index (χ1) is 11.7. The largest absolute Gasteiger partial charge is 0.476 e. The second-order valence-electron chi connectivity index (χ2n) is 7.26. The monoisotopic (exact) mass is 354 g/mol. The molecule has 1 fully saturated rings. The molecule has 1 amide bonds. The van der Waals surface area contributed by atoms with Crippen molar-refractivity contribution < 1.29 is 24.5 Å². The Labute approximate surface area is 146 Å². The number of aliphatic hydroxyl groups is 1. The van der Waals surface area contributed by atoms with Gasteiger partial charge in [-0.25, -0.2) is 14.3 Å². The first-order valence-corrected chi connectivity index (χ1v) is 8.51. The van der Waals surface area contributed by atoms with E-state index in [1.165, 1.54) is 4.68 Å². The number of carboxylic acid groups (broad SMARTS) is 1. The van der Waals surface area contributed by atoms with E-state index in [0.29, 0.717) is 12.8 Å². The van der Waals surface area contributed by atoms with Crippen LogP contribution in [0.1, 0.15) is 75.1 Å². The first kappa shape index (κ1) is 19.2. The van der Waals surface area contributed by atoms with Crippen molar-refractivity contribution in [2.24, 2.45) is 0 Å². The maximum absolute atomic E-state index is 11.9. The Morgan fingerprint density at radius 1 is 1.28 bits per heavy atom. The second-order valence-corrected chi connectivity index (χ2v) is 7.26. The van der Waals surface area contributed by atoms with Crippen LogP contribution in [0.15, 0.2) is 0 Å². The molecule has 1 aliphatic carbocycles. The Morgan fingerprint density at radius 3 is 2.60 bits per heavy atom. The lowest BCUT2D eigenvalue weighted by molar-refractivity contribution is 0.0517. The highest BCUT2D eigenvalue weighted by Crippen LogP contribution is 2.28. The molecular weight excluding hydrogens is 328 g/mol. The molecule has 140 valence electrons. The smallest absolute Gasteiger partial charge is 0.407 e. The van der Waals surface area contributed by atoms with E-state index in [9.17, 15) is 19.8 Å². The number of alkyl carbamates (subject to hydrolysis) is 1. The minimum absolute atomic E-state index is 0.0905. The van der Waals surface area contributed by atoms with Gasteiger partial charge in [0.25, 0.3) is 0 Å². The van der Waals surface area contributed by atoms with E-state index in [0.717, 1.165) is 19.3 Å². The molecule has 9 heteroatoms. The number of hydrogen-bond acceptors (Lipinski definition) is 6. The van der Waals surface area contributed by atoms with Gasteiger partial charge in [-0.2, -0.15) is 0 Å². The molecule has 0 saturated heterocycles. The van der Waals surface area contributed by atoms with Crippen LogP contribution in [0, 0.1) is 0 Å². The highest BCUT2D eigenvalue weighted by atomic mass is 16.6. The summed E-state index contributed by atoms with van der Waals surface area (Å²) >= 11 is 0. The standard InChI is InChI=1S/C16H26N4O5/c1-16(2,3)25-15(24)17-9-11-13(14(22)23)18-19-20(11)10-7-5-4-6-8-12(10)21/h10,12,21H,4-9H2,1-3H3,(H,17,24)(H,22,23). The highest BCUT2D eigenvalue weighted by molar-refractivity contribution is 5.86. The van der Waals surface area contributed by atoms with Crippen LogP contribution in [0.25, 0.3) is 0 Å². The summed E-state index contributed by atoms with van der Waals surface area (Å²) in [7, 11) is 0. The Hall–Kier alpha value is -2.16. The molecule has 25 heavy (non-hydrogen) atoms. The molecule has 3 N–H and O–H groups in total. The van der Waals surface area contributed by atoms with Gasteiger partial charge in [0.15, 0.2) is 5.69 Å². The van der Waals surface area contributed by atoms with Crippen LogP contribution in [0.2, 0.25) is 0 Å². The summed E-state index contributed by atoms with van der Waals surface area (Å²) in [5.41, 5.74) is -0.632. The molecule has 0 spiro atoms. The summed E-state index contributed by atoms with van der Waals surface area (Å²) in [6, 6.07) is -0.349. The highest BCUT2D eigenvalue weighted by Gasteiger charge is 2.30. The van der Waals surface area contributed by atoms with Crippen molar-refractivity contribution in [3.05, 3.63) is 11.4 Å². The minimum Gasteiger partial charge on any atom is -0.476 e. The minimum atomic E-state index is -1.23. The normalized spacial score (nSPS) is 21.4. The number of ether oxygens (including phenoxy) is 1. The molecule has 0 aromatic carbocycles. The van der Waals surface area contributed by atoms with Crippen molar-refractivity contribution in [2.45, 2.75) is 77.2 Å². The van der Waals surface area contributed by atoms with Crippen LogP contribution in [0.5, 0.6) is 0 Å². The molecule has 2 atom stereocenters.